The molecule has 0 radical (unpaired) electrons. The second-order valence-electron chi connectivity index (χ2n) is 5.44. The average Bonchev–Trinajstić information content (AvgIpc) is 2.43. The molecule has 0 spiro atoms. The van der Waals surface area contributed by atoms with Crippen LogP contribution in [0.5, 0.6) is 0 Å². The molecule has 2 atom stereocenters. The largest absolute Gasteiger partial charge is 0.399 e. The number of hydrogen-bond acceptors (Lipinski definition) is 4. The van der Waals surface area contributed by atoms with Crippen LogP contribution in [0.15, 0.2) is 29.4 Å². The zero-order chi connectivity index (χ0) is 15.3. The molecule has 20 heavy (non-hydrogen) atoms. The van der Waals surface area contributed by atoms with Gasteiger partial charge >= 0.3 is 0 Å². The molecule has 0 aliphatic rings. The second-order valence-corrected chi connectivity index (χ2v) is 5.84. The summed E-state index contributed by atoms with van der Waals surface area (Å²) in [7, 11) is 12.6. The van der Waals surface area contributed by atoms with Gasteiger partial charge in [0, 0.05) is 25.3 Å². The standard InChI is InChI=1S/C15H26N3OP/c1-15(11-20,18(4)5)14(16-19-6)12-7-9-13(10-8-12)17(2)3/h7-10H,11,20H2,1-6H3. The summed E-state index contributed by atoms with van der Waals surface area (Å²) in [4.78, 5) is 9.32. The number of hydrogen-bond donors (Lipinski definition) is 0. The smallest absolute Gasteiger partial charge is 0.107 e. The number of nitrogens with zero attached hydrogens (tertiary/aromatic N) is 3. The normalized spacial score (nSPS) is 15.1. The zero-order valence-electron chi connectivity index (χ0n) is 13.3. The van der Waals surface area contributed by atoms with Gasteiger partial charge in [-0.25, -0.2) is 0 Å². The zero-order valence-corrected chi connectivity index (χ0v) is 14.5. The van der Waals surface area contributed by atoms with Crippen LogP contribution in [0.25, 0.3) is 0 Å². The minimum Gasteiger partial charge on any atom is -0.399 e. The van der Waals surface area contributed by atoms with Crippen LogP contribution in [0, 0.1) is 0 Å². The molecular formula is C15H26N3OP. The van der Waals surface area contributed by atoms with Gasteiger partial charge in [-0.3, -0.25) is 4.90 Å². The first kappa shape index (κ1) is 16.9. The fraction of sp³-hybridized carbons (Fsp3) is 0.533. The van der Waals surface area contributed by atoms with Crippen LogP contribution in [0.3, 0.4) is 0 Å². The van der Waals surface area contributed by atoms with E-state index in [0.717, 1.165) is 17.4 Å². The van der Waals surface area contributed by atoms with Gasteiger partial charge in [0.15, 0.2) is 0 Å². The first-order chi connectivity index (χ1) is 9.36. The summed E-state index contributed by atoms with van der Waals surface area (Å²) in [5.74, 6) is 0. The monoisotopic (exact) mass is 295 g/mol. The number of rotatable bonds is 6. The summed E-state index contributed by atoms with van der Waals surface area (Å²) in [6.07, 6.45) is 0.873. The average molecular weight is 295 g/mol. The van der Waals surface area contributed by atoms with Crippen molar-refractivity contribution in [1.82, 2.24) is 4.90 Å². The lowest BCUT2D eigenvalue weighted by molar-refractivity contribution is 0.201. The lowest BCUT2D eigenvalue weighted by Crippen LogP contribution is -2.50. The van der Waals surface area contributed by atoms with Gasteiger partial charge in [0.25, 0.3) is 0 Å². The van der Waals surface area contributed by atoms with E-state index in [1.165, 1.54) is 5.69 Å². The van der Waals surface area contributed by atoms with Gasteiger partial charge in [-0.05, 0) is 39.3 Å². The molecule has 5 heteroatoms. The Bertz CT molecular complexity index is 457. The molecule has 2 unspecified atom stereocenters. The van der Waals surface area contributed by atoms with E-state index in [2.05, 4.69) is 69.5 Å². The van der Waals surface area contributed by atoms with Crippen LogP contribution >= 0.6 is 9.24 Å². The van der Waals surface area contributed by atoms with Gasteiger partial charge in [-0.1, -0.05) is 17.3 Å². The summed E-state index contributed by atoms with van der Waals surface area (Å²) in [5, 5.41) is 4.28. The van der Waals surface area contributed by atoms with Crippen molar-refractivity contribution in [2.24, 2.45) is 5.16 Å². The lowest BCUT2D eigenvalue weighted by atomic mass is 9.90. The van der Waals surface area contributed by atoms with Crippen molar-refractivity contribution >= 4 is 20.6 Å². The highest BCUT2D eigenvalue weighted by molar-refractivity contribution is 7.16. The van der Waals surface area contributed by atoms with Crippen molar-refractivity contribution in [3.8, 4) is 0 Å². The molecule has 112 valence electrons. The van der Waals surface area contributed by atoms with E-state index in [1.807, 2.05) is 14.1 Å². The Kier molecular flexibility index (Phi) is 5.97. The molecule has 0 fully saturated rings. The summed E-state index contributed by atoms with van der Waals surface area (Å²) in [5.41, 5.74) is 2.99. The maximum atomic E-state index is 5.08. The highest BCUT2D eigenvalue weighted by Crippen LogP contribution is 2.24. The third-order valence-corrected chi connectivity index (χ3v) is 4.53. The molecular weight excluding hydrogens is 269 g/mol. The van der Waals surface area contributed by atoms with E-state index in [0.29, 0.717) is 0 Å². The molecule has 0 amide bonds. The van der Waals surface area contributed by atoms with E-state index in [1.54, 1.807) is 7.11 Å². The van der Waals surface area contributed by atoms with Gasteiger partial charge in [0.05, 0.1) is 5.54 Å². The minimum absolute atomic E-state index is 0.194. The molecule has 0 aromatic heterocycles. The SMILES string of the molecule is CON=C(c1ccc(N(C)C)cc1)C(C)(CP)N(C)C. The summed E-state index contributed by atoms with van der Waals surface area (Å²) < 4.78 is 0. The molecule has 1 aromatic carbocycles. The Hall–Kier alpha value is -1.12. The summed E-state index contributed by atoms with van der Waals surface area (Å²) in [6.45, 7) is 2.16. The summed E-state index contributed by atoms with van der Waals surface area (Å²) >= 11 is 0. The van der Waals surface area contributed by atoms with E-state index in [-0.39, 0.29) is 5.54 Å². The lowest BCUT2D eigenvalue weighted by Gasteiger charge is -2.36. The van der Waals surface area contributed by atoms with Crippen LogP contribution in [-0.4, -0.2) is 57.6 Å². The Morgan fingerprint density at radius 2 is 1.75 bits per heavy atom. The quantitative estimate of drug-likeness (QED) is 0.458. The summed E-state index contributed by atoms with van der Waals surface area (Å²) in [6, 6.07) is 8.38. The van der Waals surface area contributed by atoms with Crippen molar-refractivity contribution in [3.05, 3.63) is 29.8 Å². The first-order valence-electron chi connectivity index (χ1n) is 6.63. The van der Waals surface area contributed by atoms with E-state index < -0.39 is 0 Å². The van der Waals surface area contributed by atoms with E-state index in [9.17, 15) is 0 Å². The van der Waals surface area contributed by atoms with Crippen molar-refractivity contribution in [3.63, 3.8) is 0 Å². The Morgan fingerprint density at radius 1 is 1.20 bits per heavy atom. The Balaban J connectivity index is 3.24. The van der Waals surface area contributed by atoms with Crippen LogP contribution in [0.1, 0.15) is 12.5 Å². The van der Waals surface area contributed by atoms with Crippen LogP contribution in [-0.2, 0) is 4.84 Å². The predicted molar refractivity (Wildman–Crippen MR) is 91.0 cm³/mol. The molecule has 0 heterocycles. The van der Waals surface area contributed by atoms with Crippen LogP contribution in [0.4, 0.5) is 5.69 Å². The van der Waals surface area contributed by atoms with Crippen molar-refractivity contribution in [2.75, 3.05) is 46.4 Å². The van der Waals surface area contributed by atoms with Gasteiger partial charge in [-0.2, -0.15) is 0 Å². The topological polar surface area (TPSA) is 28.1 Å². The number of benzene rings is 1. The third kappa shape index (κ3) is 3.50. The fourth-order valence-corrected chi connectivity index (χ4v) is 2.52. The van der Waals surface area contributed by atoms with Gasteiger partial charge in [0.2, 0.25) is 0 Å². The highest BCUT2D eigenvalue weighted by Gasteiger charge is 2.33. The molecule has 0 aliphatic heterocycles. The van der Waals surface area contributed by atoms with E-state index in [4.69, 9.17) is 4.84 Å². The third-order valence-electron chi connectivity index (χ3n) is 3.73. The molecule has 0 bridgehead atoms. The second kappa shape index (κ2) is 7.05. The molecule has 0 saturated heterocycles. The highest BCUT2D eigenvalue weighted by atomic mass is 31.0. The van der Waals surface area contributed by atoms with Crippen molar-refractivity contribution < 1.29 is 4.84 Å². The maximum absolute atomic E-state index is 5.08. The van der Waals surface area contributed by atoms with Crippen LogP contribution < -0.4 is 4.90 Å². The molecule has 0 N–H and O–H groups in total. The maximum Gasteiger partial charge on any atom is 0.107 e. The molecule has 0 saturated carbocycles. The minimum atomic E-state index is -0.194. The van der Waals surface area contributed by atoms with Crippen molar-refractivity contribution in [2.45, 2.75) is 12.5 Å². The molecule has 1 aromatic rings. The van der Waals surface area contributed by atoms with E-state index >= 15 is 0 Å². The number of likely N-dealkylation sites (N-methyl/N-ethyl adjacent to an activating group) is 1. The van der Waals surface area contributed by atoms with Gasteiger partial charge < -0.3 is 9.74 Å². The van der Waals surface area contributed by atoms with Gasteiger partial charge in [-0.15, -0.1) is 9.24 Å². The Labute approximate surface area is 125 Å². The number of anilines is 1. The molecule has 4 nitrogen and oxygen atoms in total. The van der Waals surface area contributed by atoms with Gasteiger partial charge in [0.1, 0.15) is 12.8 Å². The number of oxime groups is 1. The fourth-order valence-electron chi connectivity index (χ4n) is 1.96. The van der Waals surface area contributed by atoms with Crippen LogP contribution in [0.2, 0.25) is 0 Å². The molecule has 1 rings (SSSR count). The Morgan fingerprint density at radius 3 is 2.10 bits per heavy atom. The predicted octanol–water partition coefficient (Wildman–Crippen LogP) is 2.30. The molecule has 0 aliphatic carbocycles. The van der Waals surface area contributed by atoms with Crippen molar-refractivity contribution in [1.29, 1.82) is 0 Å². The first-order valence-corrected chi connectivity index (χ1v) is 7.45.